The summed E-state index contributed by atoms with van der Waals surface area (Å²) in [4.78, 5) is 11.1. The summed E-state index contributed by atoms with van der Waals surface area (Å²) in [5.74, 6) is 0. The molecule has 1 aromatic rings. The molecule has 96 valence electrons. The van der Waals surface area contributed by atoms with E-state index in [0.717, 1.165) is 17.3 Å². The van der Waals surface area contributed by atoms with Crippen molar-refractivity contribution < 1.29 is 14.1 Å². The van der Waals surface area contributed by atoms with Gasteiger partial charge in [0.05, 0.1) is 11.2 Å². The molecule has 3 nitrogen and oxygen atoms in total. The van der Waals surface area contributed by atoms with Crippen LogP contribution in [0.2, 0.25) is 0 Å². The highest BCUT2D eigenvalue weighted by Gasteiger charge is 2.52. The van der Waals surface area contributed by atoms with Crippen LogP contribution in [0.15, 0.2) is 18.2 Å². The quantitative estimate of drug-likeness (QED) is 0.592. The number of rotatable bonds is 2. The molecule has 0 N–H and O–H groups in total. The molecule has 0 aliphatic carbocycles. The van der Waals surface area contributed by atoms with Crippen LogP contribution < -0.4 is 5.46 Å². The van der Waals surface area contributed by atoms with E-state index in [4.69, 9.17) is 9.31 Å². The molecule has 0 bridgehead atoms. The maximum absolute atomic E-state index is 11.1. The molecule has 1 fully saturated rings. The molecule has 4 heteroatoms. The molecule has 1 aromatic carbocycles. The van der Waals surface area contributed by atoms with Crippen molar-refractivity contribution >= 4 is 18.9 Å². The minimum absolute atomic E-state index is 0.387. The van der Waals surface area contributed by atoms with E-state index < -0.39 is 7.12 Å². The Morgan fingerprint density at radius 3 is 2.17 bits per heavy atom. The van der Waals surface area contributed by atoms with Crippen molar-refractivity contribution in [1.82, 2.24) is 0 Å². The summed E-state index contributed by atoms with van der Waals surface area (Å²) in [6.45, 7) is 10.0. The highest BCUT2D eigenvalue weighted by atomic mass is 16.7. The summed E-state index contributed by atoms with van der Waals surface area (Å²) in [6, 6.07) is 5.67. The van der Waals surface area contributed by atoms with Crippen LogP contribution in [0, 0.1) is 6.92 Å². The van der Waals surface area contributed by atoms with E-state index in [1.165, 1.54) is 0 Å². The van der Waals surface area contributed by atoms with E-state index >= 15 is 0 Å². The van der Waals surface area contributed by atoms with Crippen molar-refractivity contribution in [2.75, 3.05) is 0 Å². The molecule has 18 heavy (non-hydrogen) atoms. The van der Waals surface area contributed by atoms with E-state index in [1.54, 1.807) is 0 Å². The van der Waals surface area contributed by atoms with Crippen LogP contribution in [0.5, 0.6) is 0 Å². The SMILES string of the molecule is Cc1ccc(C=O)c(B2OC(C)(C)C(C)(C)O2)c1. The van der Waals surface area contributed by atoms with Crippen LogP contribution in [0.25, 0.3) is 0 Å². The first kappa shape index (κ1) is 13.3. The van der Waals surface area contributed by atoms with E-state index in [9.17, 15) is 4.79 Å². The average molecular weight is 246 g/mol. The number of benzene rings is 1. The molecule has 2 rings (SSSR count). The molecule has 1 saturated heterocycles. The van der Waals surface area contributed by atoms with Gasteiger partial charge in [0.2, 0.25) is 0 Å². The summed E-state index contributed by atoms with van der Waals surface area (Å²) >= 11 is 0. The largest absolute Gasteiger partial charge is 0.495 e. The smallest absolute Gasteiger partial charge is 0.399 e. The van der Waals surface area contributed by atoms with Crippen LogP contribution in [0.4, 0.5) is 0 Å². The predicted octanol–water partition coefficient (Wildman–Crippen LogP) is 2.11. The van der Waals surface area contributed by atoms with Crippen LogP contribution in [-0.2, 0) is 9.31 Å². The van der Waals surface area contributed by atoms with Gasteiger partial charge in [0, 0.05) is 5.56 Å². The molecule has 1 aliphatic heterocycles. The fourth-order valence-corrected chi connectivity index (χ4v) is 1.98. The normalized spacial score (nSPS) is 21.1. The van der Waals surface area contributed by atoms with Crippen molar-refractivity contribution in [3.05, 3.63) is 29.3 Å². The standard InChI is InChI=1S/C14H19BO3/c1-10-6-7-11(9-16)12(8-10)15-17-13(2,3)14(4,5)18-15/h6-9H,1-5H3. The number of aldehydes is 1. The second-order valence-electron chi connectivity index (χ2n) is 5.84. The Labute approximate surface area is 109 Å². The monoisotopic (exact) mass is 246 g/mol. The summed E-state index contributed by atoms with van der Waals surface area (Å²) in [6.07, 6.45) is 0.847. The second kappa shape index (κ2) is 4.21. The molecule has 0 spiro atoms. The number of carbonyl (C=O) groups excluding carboxylic acids is 1. The maximum atomic E-state index is 11.1. The number of carbonyl (C=O) groups is 1. The third-order valence-electron chi connectivity index (χ3n) is 3.88. The highest BCUT2D eigenvalue weighted by Crippen LogP contribution is 2.36. The molecule has 0 unspecified atom stereocenters. The van der Waals surface area contributed by atoms with Crippen LogP contribution in [0.3, 0.4) is 0 Å². The molecular formula is C14H19BO3. The second-order valence-corrected chi connectivity index (χ2v) is 5.84. The van der Waals surface area contributed by atoms with Crippen LogP contribution in [-0.4, -0.2) is 24.6 Å². The van der Waals surface area contributed by atoms with Crippen LogP contribution in [0.1, 0.15) is 43.6 Å². The van der Waals surface area contributed by atoms with E-state index in [2.05, 4.69) is 0 Å². The Balaban J connectivity index is 2.40. The Morgan fingerprint density at radius 1 is 1.11 bits per heavy atom. The lowest BCUT2D eigenvalue weighted by Crippen LogP contribution is -2.41. The van der Waals surface area contributed by atoms with Gasteiger partial charge in [0.25, 0.3) is 0 Å². The van der Waals surface area contributed by atoms with Crippen molar-refractivity contribution in [3.63, 3.8) is 0 Å². The van der Waals surface area contributed by atoms with Crippen molar-refractivity contribution in [2.45, 2.75) is 45.8 Å². The van der Waals surface area contributed by atoms with E-state index in [1.807, 2.05) is 52.8 Å². The van der Waals surface area contributed by atoms with Gasteiger partial charge in [-0.25, -0.2) is 0 Å². The fourth-order valence-electron chi connectivity index (χ4n) is 1.98. The zero-order valence-electron chi connectivity index (χ0n) is 11.6. The van der Waals surface area contributed by atoms with Gasteiger partial charge in [-0.1, -0.05) is 23.8 Å². The van der Waals surface area contributed by atoms with Gasteiger partial charge in [-0.3, -0.25) is 4.79 Å². The molecule has 0 aromatic heterocycles. The molecular weight excluding hydrogens is 227 g/mol. The lowest BCUT2D eigenvalue weighted by molar-refractivity contribution is 0.00578. The Hall–Kier alpha value is -1.13. The zero-order chi connectivity index (χ0) is 13.6. The van der Waals surface area contributed by atoms with E-state index in [0.29, 0.717) is 5.56 Å². The molecule has 0 atom stereocenters. The maximum Gasteiger partial charge on any atom is 0.495 e. The first-order chi connectivity index (χ1) is 8.27. The number of hydrogen-bond donors (Lipinski definition) is 0. The minimum Gasteiger partial charge on any atom is -0.399 e. The Morgan fingerprint density at radius 2 is 1.67 bits per heavy atom. The van der Waals surface area contributed by atoms with Gasteiger partial charge in [-0.05, 0) is 40.1 Å². The van der Waals surface area contributed by atoms with Crippen molar-refractivity contribution in [1.29, 1.82) is 0 Å². The minimum atomic E-state index is -0.477. The molecule has 0 saturated carbocycles. The third kappa shape index (κ3) is 2.11. The average Bonchev–Trinajstić information content (AvgIpc) is 2.48. The third-order valence-corrected chi connectivity index (χ3v) is 3.88. The summed E-state index contributed by atoms with van der Waals surface area (Å²) in [5.41, 5.74) is 1.75. The lowest BCUT2D eigenvalue weighted by atomic mass is 9.75. The number of hydrogen-bond acceptors (Lipinski definition) is 3. The van der Waals surface area contributed by atoms with Crippen molar-refractivity contribution in [3.8, 4) is 0 Å². The molecule has 0 amide bonds. The highest BCUT2D eigenvalue weighted by molar-refractivity contribution is 6.63. The van der Waals surface area contributed by atoms with Crippen molar-refractivity contribution in [2.24, 2.45) is 0 Å². The number of aryl methyl sites for hydroxylation is 1. The van der Waals surface area contributed by atoms with Gasteiger partial charge in [0.1, 0.15) is 6.29 Å². The first-order valence-corrected chi connectivity index (χ1v) is 6.18. The Kier molecular flexibility index (Phi) is 3.12. The predicted molar refractivity (Wildman–Crippen MR) is 72.3 cm³/mol. The summed E-state index contributed by atoms with van der Waals surface area (Å²) < 4.78 is 11.9. The molecule has 1 aliphatic rings. The van der Waals surface area contributed by atoms with E-state index in [-0.39, 0.29) is 11.2 Å². The van der Waals surface area contributed by atoms with Gasteiger partial charge in [-0.15, -0.1) is 0 Å². The molecule has 1 heterocycles. The van der Waals surface area contributed by atoms with Gasteiger partial charge in [0.15, 0.2) is 0 Å². The first-order valence-electron chi connectivity index (χ1n) is 6.18. The van der Waals surface area contributed by atoms with Crippen LogP contribution >= 0.6 is 0 Å². The lowest BCUT2D eigenvalue weighted by Gasteiger charge is -2.32. The van der Waals surface area contributed by atoms with Gasteiger partial charge in [-0.2, -0.15) is 0 Å². The summed E-state index contributed by atoms with van der Waals surface area (Å²) in [7, 11) is -0.477. The van der Waals surface area contributed by atoms with Gasteiger partial charge < -0.3 is 9.31 Å². The molecule has 0 radical (unpaired) electrons. The Bertz CT molecular complexity index is 464. The summed E-state index contributed by atoms with van der Waals surface area (Å²) in [5, 5.41) is 0. The topological polar surface area (TPSA) is 35.5 Å². The fraction of sp³-hybridized carbons (Fsp3) is 0.500. The van der Waals surface area contributed by atoms with Gasteiger partial charge >= 0.3 is 7.12 Å². The zero-order valence-corrected chi connectivity index (χ0v) is 11.6.